The monoisotopic (exact) mass is 446 g/mol. The van der Waals surface area contributed by atoms with Gasteiger partial charge in [-0.05, 0) is 68.1 Å². The molecule has 0 spiro atoms. The molecule has 2 aromatic carbocycles. The largest absolute Gasteiger partial charge is 0.481 e. The smallest absolute Gasteiger partial charge is 0.290 e. The highest BCUT2D eigenvalue weighted by atomic mass is 16.5. The molecule has 4 rings (SSSR count). The summed E-state index contributed by atoms with van der Waals surface area (Å²) in [6, 6.07) is 17.3. The highest BCUT2D eigenvalue weighted by molar-refractivity contribution is 5.92. The lowest BCUT2D eigenvalue weighted by atomic mass is 9.87. The number of furan rings is 1. The van der Waals surface area contributed by atoms with Crippen molar-refractivity contribution in [3.63, 3.8) is 0 Å². The third-order valence-corrected chi connectivity index (χ3v) is 6.21. The molecule has 6 nitrogen and oxygen atoms in total. The van der Waals surface area contributed by atoms with Crippen molar-refractivity contribution in [1.29, 1.82) is 0 Å². The van der Waals surface area contributed by atoms with E-state index in [0.717, 1.165) is 23.1 Å². The van der Waals surface area contributed by atoms with Crippen molar-refractivity contribution in [2.75, 3.05) is 20.1 Å². The second kappa shape index (κ2) is 9.53. The van der Waals surface area contributed by atoms with E-state index in [0.29, 0.717) is 24.6 Å². The number of nitrogens with zero attached hydrogens (tertiary/aromatic N) is 2. The molecule has 33 heavy (non-hydrogen) atoms. The van der Waals surface area contributed by atoms with Gasteiger partial charge in [0, 0.05) is 20.1 Å². The first-order chi connectivity index (χ1) is 15.9. The van der Waals surface area contributed by atoms with Gasteiger partial charge in [-0.25, -0.2) is 0 Å². The first-order valence-corrected chi connectivity index (χ1v) is 11.3. The Kier molecular flexibility index (Phi) is 6.54. The summed E-state index contributed by atoms with van der Waals surface area (Å²) < 4.78 is 11.5. The van der Waals surface area contributed by atoms with E-state index in [9.17, 15) is 9.59 Å². The van der Waals surface area contributed by atoms with Crippen molar-refractivity contribution in [3.8, 4) is 5.75 Å². The van der Waals surface area contributed by atoms with E-state index in [1.165, 1.54) is 11.8 Å². The summed E-state index contributed by atoms with van der Waals surface area (Å²) in [7, 11) is 1.76. The summed E-state index contributed by atoms with van der Waals surface area (Å²) in [5.74, 6) is 0.728. The van der Waals surface area contributed by atoms with E-state index in [2.05, 4.69) is 6.07 Å². The number of rotatable bonds is 6. The minimum atomic E-state index is -0.602. The average molecular weight is 447 g/mol. The molecule has 0 N–H and O–H groups in total. The zero-order valence-corrected chi connectivity index (χ0v) is 19.6. The van der Waals surface area contributed by atoms with E-state index in [4.69, 9.17) is 9.15 Å². The van der Waals surface area contributed by atoms with Crippen LogP contribution in [0.3, 0.4) is 0 Å². The molecule has 0 saturated carbocycles. The maximum Gasteiger partial charge on any atom is 0.290 e. The second-order valence-electron chi connectivity index (χ2n) is 8.52. The van der Waals surface area contributed by atoms with Gasteiger partial charge in [0.25, 0.3) is 11.8 Å². The second-order valence-corrected chi connectivity index (χ2v) is 8.52. The molecule has 1 aromatic heterocycles. The zero-order chi connectivity index (χ0) is 23.5. The number of likely N-dealkylation sites (N-methyl/N-ethyl adjacent to an activating group) is 1. The Morgan fingerprint density at radius 2 is 2.00 bits per heavy atom. The van der Waals surface area contributed by atoms with Crippen molar-refractivity contribution in [2.24, 2.45) is 0 Å². The number of carbonyl (C=O) groups excluding carboxylic acids is 2. The summed E-state index contributed by atoms with van der Waals surface area (Å²) in [6.45, 7) is 6.94. The van der Waals surface area contributed by atoms with Gasteiger partial charge in [-0.15, -0.1) is 0 Å². The van der Waals surface area contributed by atoms with Crippen molar-refractivity contribution in [1.82, 2.24) is 9.80 Å². The van der Waals surface area contributed by atoms with Gasteiger partial charge in [0.15, 0.2) is 11.9 Å². The number of fused-ring (bicyclic) bond motifs is 1. The molecule has 2 heterocycles. The molecule has 0 bridgehead atoms. The number of hydrogen-bond acceptors (Lipinski definition) is 4. The summed E-state index contributed by atoms with van der Waals surface area (Å²) >= 11 is 0. The summed E-state index contributed by atoms with van der Waals surface area (Å²) in [4.78, 5) is 29.4. The fourth-order valence-electron chi connectivity index (χ4n) is 4.35. The molecular weight excluding hydrogens is 416 g/mol. The number of benzene rings is 2. The van der Waals surface area contributed by atoms with E-state index in [1.807, 2.05) is 55.1 Å². The quantitative estimate of drug-likeness (QED) is 0.554. The molecular formula is C27H30N2O4. The van der Waals surface area contributed by atoms with E-state index < -0.39 is 6.10 Å². The number of amides is 2. The van der Waals surface area contributed by atoms with Gasteiger partial charge in [-0.2, -0.15) is 0 Å². The molecule has 2 atom stereocenters. The Morgan fingerprint density at radius 1 is 1.18 bits per heavy atom. The highest BCUT2D eigenvalue weighted by Gasteiger charge is 2.34. The topological polar surface area (TPSA) is 63.0 Å². The van der Waals surface area contributed by atoms with Gasteiger partial charge in [0.1, 0.15) is 5.75 Å². The molecule has 1 aliphatic rings. The Hall–Kier alpha value is -3.54. The number of aryl methyl sites for hydroxylation is 1. The predicted molar refractivity (Wildman–Crippen MR) is 126 cm³/mol. The number of hydrogen-bond donors (Lipinski definition) is 0. The summed E-state index contributed by atoms with van der Waals surface area (Å²) in [6.07, 6.45) is 1.65. The first kappa shape index (κ1) is 22.6. The van der Waals surface area contributed by atoms with Gasteiger partial charge >= 0.3 is 0 Å². The lowest BCUT2D eigenvalue weighted by Gasteiger charge is -2.37. The molecule has 2 unspecified atom stereocenters. The number of carbonyl (C=O) groups is 2. The highest BCUT2D eigenvalue weighted by Crippen LogP contribution is 2.38. The normalized spacial score (nSPS) is 16.1. The fourth-order valence-corrected chi connectivity index (χ4v) is 4.35. The van der Waals surface area contributed by atoms with Crippen molar-refractivity contribution < 1.29 is 18.7 Å². The van der Waals surface area contributed by atoms with E-state index in [1.54, 1.807) is 31.0 Å². The van der Waals surface area contributed by atoms with E-state index >= 15 is 0 Å². The van der Waals surface area contributed by atoms with Crippen molar-refractivity contribution in [3.05, 3.63) is 88.9 Å². The molecule has 6 heteroatoms. The van der Waals surface area contributed by atoms with Crippen LogP contribution >= 0.6 is 0 Å². The molecule has 2 amide bonds. The SMILES string of the molecule is CCN(C)C(=O)C(C)Oc1ccc2c(c1)C(c1cccc(C)c1)N(C(=O)c1ccco1)CC2. The Morgan fingerprint density at radius 3 is 2.70 bits per heavy atom. The van der Waals surface area contributed by atoms with E-state index in [-0.39, 0.29) is 17.9 Å². The number of ether oxygens (including phenoxy) is 1. The van der Waals surface area contributed by atoms with Crippen molar-refractivity contribution in [2.45, 2.75) is 39.3 Å². The third kappa shape index (κ3) is 4.65. The van der Waals surface area contributed by atoms with Gasteiger partial charge in [-0.1, -0.05) is 35.9 Å². The molecule has 3 aromatic rings. The molecule has 0 fully saturated rings. The molecule has 0 radical (unpaired) electrons. The standard InChI is InChI=1S/C27H30N2O4/c1-5-28(4)26(30)19(3)33-22-12-11-20-13-14-29(27(31)24-10-7-15-32-24)25(23(20)17-22)21-9-6-8-18(2)16-21/h6-12,15-17,19,25H,5,13-14H2,1-4H3. The van der Waals surface area contributed by atoms with Crippen LogP contribution in [0.15, 0.2) is 65.3 Å². The minimum Gasteiger partial charge on any atom is -0.481 e. The predicted octanol–water partition coefficient (Wildman–Crippen LogP) is 4.62. The lowest BCUT2D eigenvalue weighted by Crippen LogP contribution is -2.40. The van der Waals surface area contributed by atoms with Crippen LogP contribution in [-0.2, 0) is 11.2 Å². The van der Waals surface area contributed by atoms with Gasteiger partial charge in [-0.3, -0.25) is 9.59 Å². The third-order valence-electron chi connectivity index (χ3n) is 6.21. The van der Waals surface area contributed by atoms with Crippen LogP contribution in [0.5, 0.6) is 5.75 Å². The first-order valence-electron chi connectivity index (χ1n) is 11.3. The Labute approximate surface area is 194 Å². The molecule has 0 saturated heterocycles. The van der Waals surface area contributed by atoms with Gasteiger partial charge in [0.05, 0.1) is 12.3 Å². The van der Waals surface area contributed by atoms with Crippen LogP contribution in [0.25, 0.3) is 0 Å². The van der Waals surface area contributed by atoms with Crippen molar-refractivity contribution >= 4 is 11.8 Å². The maximum absolute atomic E-state index is 13.4. The van der Waals surface area contributed by atoms with Crippen LogP contribution in [0.2, 0.25) is 0 Å². The Balaban J connectivity index is 1.72. The molecule has 1 aliphatic heterocycles. The summed E-state index contributed by atoms with van der Waals surface area (Å²) in [5, 5.41) is 0. The van der Waals surface area contributed by atoms with Crippen LogP contribution in [0.1, 0.15) is 52.7 Å². The van der Waals surface area contributed by atoms with Crippen LogP contribution in [0, 0.1) is 6.92 Å². The minimum absolute atomic E-state index is 0.0694. The van der Waals surface area contributed by atoms with Crippen LogP contribution < -0.4 is 4.74 Å². The van der Waals surface area contributed by atoms with Crippen LogP contribution in [0.4, 0.5) is 0 Å². The summed E-state index contributed by atoms with van der Waals surface area (Å²) in [5.41, 5.74) is 4.33. The van der Waals surface area contributed by atoms with Gasteiger partial charge in [0.2, 0.25) is 0 Å². The van der Waals surface area contributed by atoms with Crippen LogP contribution in [-0.4, -0.2) is 47.9 Å². The zero-order valence-electron chi connectivity index (χ0n) is 19.6. The van der Waals surface area contributed by atoms with Gasteiger partial charge < -0.3 is 19.0 Å². The fraction of sp³-hybridized carbons (Fsp3) is 0.333. The molecule has 0 aliphatic carbocycles. The lowest BCUT2D eigenvalue weighted by molar-refractivity contribution is -0.136. The molecule has 172 valence electrons. The Bertz CT molecular complexity index is 1140. The average Bonchev–Trinajstić information content (AvgIpc) is 3.36. The maximum atomic E-state index is 13.4.